The first-order chi connectivity index (χ1) is 16.6. The Labute approximate surface area is 200 Å². The van der Waals surface area contributed by atoms with E-state index >= 15 is 0 Å². The first-order valence-electron chi connectivity index (χ1n) is 11.2. The predicted octanol–water partition coefficient (Wildman–Crippen LogP) is 1.71. The lowest BCUT2D eigenvalue weighted by molar-refractivity contribution is -0.144. The molecule has 0 heterocycles. The van der Waals surface area contributed by atoms with E-state index in [1.807, 2.05) is 24.3 Å². The van der Waals surface area contributed by atoms with Crippen LogP contribution in [0.5, 0.6) is 5.75 Å². The summed E-state index contributed by atoms with van der Waals surface area (Å²) in [6.45, 7) is 0.379. The number of amides is 1. The number of Topliss-reactive ketones (excluding diaryl/α,β-unsaturated/α-hetero) is 2. The SMILES string of the molecule is NCc1ccc(-c2ccc(O)c3c2C[C@H]2C[C@H]4CC(O)=C(C(N)=O)C(=O)[C@@]4(O)C(O)=C2C3=O)cc1. The van der Waals surface area contributed by atoms with Gasteiger partial charge in [0.05, 0.1) is 5.56 Å². The van der Waals surface area contributed by atoms with Crippen LogP contribution in [0.1, 0.15) is 34.3 Å². The van der Waals surface area contributed by atoms with Crippen LogP contribution in [0.2, 0.25) is 0 Å². The summed E-state index contributed by atoms with van der Waals surface area (Å²) in [5.41, 5.74) is 10.4. The number of primary amides is 1. The number of hydrogen-bond acceptors (Lipinski definition) is 8. The smallest absolute Gasteiger partial charge is 0.255 e. The van der Waals surface area contributed by atoms with Gasteiger partial charge < -0.3 is 31.9 Å². The van der Waals surface area contributed by atoms with Gasteiger partial charge in [-0.3, -0.25) is 14.4 Å². The van der Waals surface area contributed by atoms with Crippen molar-refractivity contribution < 1.29 is 34.8 Å². The molecule has 0 radical (unpaired) electrons. The first kappa shape index (κ1) is 22.8. The van der Waals surface area contributed by atoms with Crippen molar-refractivity contribution in [3.8, 4) is 16.9 Å². The molecule has 0 saturated heterocycles. The second-order valence-corrected chi connectivity index (χ2v) is 9.30. The summed E-state index contributed by atoms with van der Waals surface area (Å²) in [6, 6.07) is 10.6. The lowest BCUT2D eigenvalue weighted by Crippen LogP contribution is -2.57. The highest BCUT2D eigenvalue weighted by molar-refractivity contribution is 6.24. The summed E-state index contributed by atoms with van der Waals surface area (Å²) >= 11 is 0. The van der Waals surface area contributed by atoms with Crippen LogP contribution < -0.4 is 11.5 Å². The van der Waals surface area contributed by atoms with Crippen LogP contribution in [-0.4, -0.2) is 43.5 Å². The number of allylic oxidation sites excluding steroid dienone is 2. The highest BCUT2D eigenvalue weighted by Crippen LogP contribution is 2.52. The number of fused-ring (bicyclic) bond motifs is 3. The van der Waals surface area contributed by atoms with Crippen LogP contribution in [0, 0.1) is 11.8 Å². The van der Waals surface area contributed by atoms with E-state index in [9.17, 15) is 34.8 Å². The third-order valence-electron chi connectivity index (χ3n) is 7.45. The van der Waals surface area contributed by atoms with Gasteiger partial charge in [-0.15, -0.1) is 0 Å². The molecule has 0 unspecified atom stereocenters. The molecule has 0 saturated carbocycles. The van der Waals surface area contributed by atoms with Crippen LogP contribution in [0.3, 0.4) is 0 Å². The van der Waals surface area contributed by atoms with Crippen LogP contribution in [0.25, 0.3) is 11.1 Å². The molecule has 1 amide bonds. The van der Waals surface area contributed by atoms with Gasteiger partial charge in [-0.1, -0.05) is 30.3 Å². The van der Waals surface area contributed by atoms with E-state index < -0.39 is 52.0 Å². The topological polar surface area (TPSA) is 184 Å². The molecule has 0 fully saturated rings. The maximum atomic E-state index is 13.6. The Morgan fingerprint density at radius 3 is 2.34 bits per heavy atom. The minimum Gasteiger partial charge on any atom is -0.511 e. The van der Waals surface area contributed by atoms with Crippen molar-refractivity contribution in [2.45, 2.75) is 31.4 Å². The Balaban J connectivity index is 1.66. The molecular formula is C26H24N2O7. The third-order valence-corrected chi connectivity index (χ3v) is 7.45. The predicted molar refractivity (Wildman–Crippen MR) is 124 cm³/mol. The number of benzene rings is 2. The molecule has 9 heteroatoms. The van der Waals surface area contributed by atoms with Crippen molar-refractivity contribution in [2.24, 2.45) is 23.3 Å². The van der Waals surface area contributed by atoms with Gasteiger partial charge in [-0.25, -0.2) is 0 Å². The number of ketones is 2. The van der Waals surface area contributed by atoms with E-state index in [2.05, 4.69) is 0 Å². The molecule has 0 bridgehead atoms. The minimum atomic E-state index is -2.57. The fourth-order valence-electron chi connectivity index (χ4n) is 5.71. The number of carbonyl (C=O) groups is 3. The zero-order chi connectivity index (χ0) is 25.2. The number of nitrogens with two attached hydrogens (primary N) is 2. The highest BCUT2D eigenvalue weighted by Gasteiger charge is 2.59. The van der Waals surface area contributed by atoms with Crippen LogP contribution in [0.4, 0.5) is 0 Å². The number of hydrogen-bond donors (Lipinski definition) is 6. The van der Waals surface area contributed by atoms with Crippen molar-refractivity contribution in [3.63, 3.8) is 0 Å². The monoisotopic (exact) mass is 476 g/mol. The van der Waals surface area contributed by atoms with Crippen molar-refractivity contribution in [1.82, 2.24) is 0 Å². The fraction of sp³-hybridized carbons (Fsp3) is 0.269. The molecule has 2 aromatic carbocycles. The van der Waals surface area contributed by atoms with Crippen molar-refractivity contribution >= 4 is 17.5 Å². The van der Waals surface area contributed by atoms with E-state index in [1.165, 1.54) is 6.07 Å². The molecule has 5 rings (SSSR count). The molecule has 0 aliphatic heterocycles. The van der Waals surface area contributed by atoms with Crippen LogP contribution in [-0.2, 0) is 22.6 Å². The summed E-state index contributed by atoms with van der Waals surface area (Å²) in [4.78, 5) is 38.3. The van der Waals surface area contributed by atoms with E-state index in [1.54, 1.807) is 6.07 Å². The second-order valence-electron chi connectivity index (χ2n) is 9.30. The highest BCUT2D eigenvalue weighted by atomic mass is 16.3. The number of carbonyl (C=O) groups excluding carboxylic acids is 3. The van der Waals surface area contributed by atoms with E-state index in [0.29, 0.717) is 12.1 Å². The van der Waals surface area contributed by atoms with Gasteiger partial charge in [-0.2, -0.15) is 0 Å². The first-order valence-corrected chi connectivity index (χ1v) is 11.2. The minimum absolute atomic E-state index is 0.0120. The molecule has 0 spiro atoms. The number of aliphatic hydroxyl groups excluding tert-OH is 2. The molecule has 180 valence electrons. The van der Waals surface area contributed by atoms with Gasteiger partial charge >= 0.3 is 0 Å². The van der Waals surface area contributed by atoms with Crippen LogP contribution in [0.15, 0.2) is 59.1 Å². The zero-order valence-electron chi connectivity index (χ0n) is 18.6. The average Bonchev–Trinajstić information content (AvgIpc) is 2.81. The van der Waals surface area contributed by atoms with Gasteiger partial charge in [-0.05, 0) is 47.1 Å². The Bertz CT molecular complexity index is 1370. The van der Waals surface area contributed by atoms with Crippen molar-refractivity contribution in [2.75, 3.05) is 0 Å². The zero-order valence-corrected chi connectivity index (χ0v) is 18.6. The normalized spacial score (nSPS) is 25.8. The summed E-state index contributed by atoms with van der Waals surface area (Å²) in [6.07, 6.45) is 0.0731. The Kier molecular flexibility index (Phi) is 5.08. The lowest BCUT2D eigenvalue weighted by Gasteiger charge is -2.45. The van der Waals surface area contributed by atoms with E-state index in [-0.39, 0.29) is 36.1 Å². The largest absolute Gasteiger partial charge is 0.511 e. The Hall–Kier alpha value is -3.95. The summed E-state index contributed by atoms with van der Waals surface area (Å²) in [5.74, 6) is -6.42. The molecule has 3 aliphatic rings. The van der Waals surface area contributed by atoms with Gasteiger partial charge in [0.25, 0.3) is 5.91 Å². The number of aliphatic hydroxyl groups is 3. The van der Waals surface area contributed by atoms with Crippen LogP contribution >= 0.6 is 0 Å². The van der Waals surface area contributed by atoms with Gasteiger partial charge in [0.1, 0.15) is 22.8 Å². The number of phenolic OH excluding ortho intramolecular Hbond substituents is 1. The number of rotatable bonds is 3. The van der Waals surface area contributed by atoms with Gasteiger partial charge in [0.15, 0.2) is 11.4 Å². The summed E-state index contributed by atoms with van der Waals surface area (Å²) in [7, 11) is 0. The summed E-state index contributed by atoms with van der Waals surface area (Å²) in [5, 5.41) is 43.2. The maximum absolute atomic E-state index is 13.6. The fourth-order valence-corrected chi connectivity index (χ4v) is 5.71. The molecule has 35 heavy (non-hydrogen) atoms. The summed E-state index contributed by atoms with van der Waals surface area (Å²) < 4.78 is 0. The Morgan fingerprint density at radius 2 is 1.71 bits per heavy atom. The molecule has 2 aromatic rings. The lowest BCUT2D eigenvalue weighted by atomic mass is 9.60. The molecule has 8 N–H and O–H groups in total. The number of phenols is 1. The molecule has 0 aromatic heterocycles. The molecular weight excluding hydrogens is 452 g/mol. The number of aromatic hydroxyl groups is 1. The average molecular weight is 476 g/mol. The molecule has 3 aliphatic carbocycles. The van der Waals surface area contributed by atoms with E-state index in [0.717, 1.165) is 16.7 Å². The standard InChI is InChI=1S/C26H24N2O7/c27-10-11-1-3-12(4-2-11)15-5-6-17(29)20-16(15)8-13-7-14-9-18(30)21(25(28)34)24(33)26(14,35)23(32)19(13)22(20)31/h1-6,13-14,29-30,32,35H,7-10,27H2,(H2,28,34)/t13-,14+,26+/m1/s1. The third kappa shape index (κ3) is 3.12. The van der Waals surface area contributed by atoms with Gasteiger partial charge in [0.2, 0.25) is 5.78 Å². The van der Waals surface area contributed by atoms with E-state index in [4.69, 9.17) is 11.5 Å². The maximum Gasteiger partial charge on any atom is 0.255 e. The Morgan fingerprint density at radius 1 is 1.03 bits per heavy atom. The van der Waals surface area contributed by atoms with Crippen molar-refractivity contribution in [1.29, 1.82) is 0 Å². The molecule has 3 atom stereocenters. The quantitative estimate of drug-likeness (QED) is 0.362. The van der Waals surface area contributed by atoms with Gasteiger partial charge in [0, 0.05) is 24.5 Å². The van der Waals surface area contributed by atoms with Crippen molar-refractivity contribution in [3.05, 3.63) is 75.8 Å². The molecule has 9 nitrogen and oxygen atoms in total. The second kappa shape index (κ2) is 7.79.